The first-order valence-electron chi connectivity index (χ1n) is 8.20. The average molecular weight is 295 g/mol. The van der Waals surface area contributed by atoms with E-state index < -0.39 is 0 Å². The maximum Gasteiger partial charge on any atom is 0.0962 e. The van der Waals surface area contributed by atoms with Gasteiger partial charge >= 0.3 is 0 Å². The van der Waals surface area contributed by atoms with Gasteiger partial charge in [0.05, 0.1) is 10.7 Å². The van der Waals surface area contributed by atoms with Gasteiger partial charge in [-0.15, -0.1) is 11.3 Å². The van der Waals surface area contributed by atoms with E-state index in [0.717, 1.165) is 12.5 Å². The summed E-state index contributed by atoms with van der Waals surface area (Å²) in [5, 5.41) is 4.96. The fraction of sp³-hybridized carbons (Fsp3) is 0.824. The molecule has 0 saturated heterocycles. The third-order valence-corrected chi connectivity index (χ3v) is 5.48. The van der Waals surface area contributed by atoms with Crippen LogP contribution in [0.2, 0.25) is 0 Å². The molecule has 1 N–H and O–H groups in total. The van der Waals surface area contributed by atoms with Gasteiger partial charge in [-0.05, 0) is 24.7 Å². The molecule has 0 aliphatic heterocycles. The number of aromatic nitrogens is 1. The van der Waals surface area contributed by atoms with Crippen molar-refractivity contribution in [3.8, 4) is 0 Å². The van der Waals surface area contributed by atoms with Gasteiger partial charge in [0, 0.05) is 23.4 Å². The fourth-order valence-corrected chi connectivity index (χ4v) is 4.41. The lowest BCUT2D eigenvalue weighted by atomic mass is 9.83. The van der Waals surface area contributed by atoms with Crippen LogP contribution in [0.3, 0.4) is 0 Å². The van der Waals surface area contributed by atoms with Crippen LogP contribution in [0.5, 0.6) is 0 Å². The first-order chi connectivity index (χ1) is 9.47. The van der Waals surface area contributed by atoms with Gasteiger partial charge in [0.15, 0.2) is 0 Å². The smallest absolute Gasteiger partial charge is 0.0962 e. The van der Waals surface area contributed by atoms with Crippen LogP contribution in [0.15, 0.2) is 0 Å². The highest BCUT2D eigenvalue weighted by Gasteiger charge is 2.25. The quantitative estimate of drug-likeness (QED) is 0.821. The predicted octanol–water partition coefficient (Wildman–Crippen LogP) is 5.06. The molecule has 2 rings (SSSR count). The summed E-state index contributed by atoms with van der Waals surface area (Å²) < 4.78 is 0. The normalized spacial score (nSPS) is 23.8. The summed E-state index contributed by atoms with van der Waals surface area (Å²) in [6.45, 7) is 12.3. The third-order valence-electron chi connectivity index (χ3n) is 4.25. The van der Waals surface area contributed by atoms with E-state index in [4.69, 9.17) is 4.98 Å². The van der Waals surface area contributed by atoms with Crippen LogP contribution >= 0.6 is 11.3 Å². The van der Waals surface area contributed by atoms with Gasteiger partial charge in [-0.3, -0.25) is 0 Å². The summed E-state index contributed by atoms with van der Waals surface area (Å²) in [6.07, 6.45) is 5.46. The Kier molecular flexibility index (Phi) is 5.62. The number of hydrogen-bond acceptors (Lipinski definition) is 3. The highest BCUT2D eigenvalue weighted by Crippen LogP contribution is 2.39. The maximum absolute atomic E-state index is 5.02. The number of rotatable bonds is 5. The van der Waals surface area contributed by atoms with Crippen molar-refractivity contribution < 1.29 is 0 Å². The number of nitrogens with zero attached hydrogens (tertiary/aromatic N) is 1. The van der Waals surface area contributed by atoms with Crippen LogP contribution in [0.25, 0.3) is 0 Å². The molecule has 1 aromatic heterocycles. The zero-order chi connectivity index (χ0) is 14.7. The molecule has 2 unspecified atom stereocenters. The second-order valence-corrected chi connectivity index (χ2v) is 8.13. The van der Waals surface area contributed by atoms with Crippen molar-refractivity contribution in [1.82, 2.24) is 10.3 Å². The molecule has 1 heterocycles. The van der Waals surface area contributed by atoms with Gasteiger partial charge in [-0.25, -0.2) is 4.98 Å². The first kappa shape index (κ1) is 16.0. The monoisotopic (exact) mass is 294 g/mol. The van der Waals surface area contributed by atoms with Gasteiger partial charge in [0.2, 0.25) is 0 Å². The molecule has 0 bridgehead atoms. The summed E-state index contributed by atoms with van der Waals surface area (Å²) >= 11 is 1.96. The molecule has 0 aromatic carbocycles. The molecule has 1 aliphatic carbocycles. The topological polar surface area (TPSA) is 24.9 Å². The molecule has 1 saturated carbocycles. The molecular weight excluding hydrogens is 264 g/mol. The Bertz CT molecular complexity index is 423. The van der Waals surface area contributed by atoms with E-state index in [1.807, 2.05) is 11.3 Å². The van der Waals surface area contributed by atoms with Crippen LogP contribution < -0.4 is 5.32 Å². The van der Waals surface area contributed by atoms with E-state index in [9.17, 15) is 0 Å². The number of thiazole rings is 1. The van der Waals surface area contributed by atoms with Gasteiger partial charge in [-0.2, -0.15) is 0 Å². The lowest BCUT2D eigenvalue weighted by molar-refractivity contribution is 0.343. The molecule has 2 atom stereocenters. The summed E-state index contributed by atoms with van der Waals surface area (Å²) in [4.78, 5) is 6.48. The standard InChI is InChI=1S/C17H30N2S/c1-11(2)16-15(10-18-12(3)4)20-17(19-16)14-8-6-7-13(5)9-14/h11-14,18H,6-10H2,1-5H3. The van der Waals surface area contributed by atoms with Crippen molar-refractivity contribution in [3.05, 3.63) is 15.6 Å². The van der Waals surface area contributed by atoms with Crippen LogP contribution in [0.1, 0.15) is 87.7 Å². The number of hydrogen-bond donors (Lipinski definition) is 1. The molecule has 114 valence electrons. The molecule has 3 heteroatoms. The van der Waals surface area contributed by atoms with Crippen molar-refractivity contribution >= 4 is 11.3 Å². The van der Waals surface area contributed by atoms with Crippen LogP contribution in [0.4, 0.5) is 0 Å². The Hall–Kier alpha value is -0.410. The van der Waals surface area contributed by atoms with E-state index in [2.05, 4.69) is 39.9 Å². The Labute approximate surface area is 128 Å². The van der Waals surface area contributed by atoms with E-state index in [1.165, 1.54) is 41.3 Å². The van der Waals surface area contributed by atoms with Crippen LogP contribution in [-0.4, -0.2) is 11.0 Å². The first-order valence-corrected chi connectivity index (χ1v) is 9.01. The molecular formula is C17H30N2S. The van der Waals surface area contributed by atoms with Gasteiger partial charge < -0.3 is 5.32 Å². The molecule has 1 fully saturated rings. The van der Waals surface area contributed by atoms with E-state index in [0.29, 0.717) is 17.9 Å². The molecule has 0 amide bonds. The highest BCUT2D eigenvalue weighted by atomic mass is 32.1. The van der Waals surface area contributed by atoms with E-state index >= 15 is 0 Å². The Morgan fingerprint density at radius 1 is 1.25 bits per heavy atom. The van der Waals surface area contributed by atoms with Crippen molar-refractivity contribution in [2.75, 3.05) is 0 Å². The highest BCUT2D eigenvalue weighted by molar-refractivity contribution is 7.11. The van der Waals surface area contributed by atoms with Gasteiger partial charge in [0.25, 0.3) is 0 Å². The Morgan fingerprint density at radius 3 is 2.60 bits per heavy atom. The van der Waals surface area contributed by atoms with E-state index in [-0.39, 0.29) is 0 Å². The molecule has 1 aromatic rings. The lowest BCUT2D eigenvalue weighted by Crippen LogP contribution is -2.22. The Morgan fingerprint density at radius 2 is 2.00 bits per heavy atom. The minimum Gasteiger partial charge on any atom is -0.310 e. The molecule has 1 aliphatic rings. The second kappa shape index (κ2) is 7.04. The molecule has 0 spiro atoms. The number of nitrogens with one attached hydrogen (secondary N) is 1. The summed E-state index contributed by atoms with van der Waals surface area (Å²) in [7, 11) is 0. The van der Waals surface area contributed by atoms with Crippen LogP contribution in [-0.2, 0) is 6.54 Å². The van der Waals surface area contributed by atoms with Gasteiger partial charge in [0.1, 0.15) is 0 Å². The average Bonchev–Trinajstić information content (AvgIpc) is 2.80. The molecule has 0 radical (unpaired) electrons. The third kappa shape index (κ3) is 4.05. The van der Waals surface area contributed by atoms with E-state index in [1.54, 1.807) is 0 Å². The van der Waals surface area contributed by atoms with Crippen molar-refractivity contribution in [1.29, 1.82) is 0 Å². The summed E-state index contributed by atoms with van der Waals surface area (Å²) in [5.41, 5.74) is 1.33. The second-order valence-electron chi connectivity index (χ2n) is 7.02. The Balaban J connectivity index is 2.15. The summed E-state index contributed by atoms with van der Waals surface area (Å²) in [6, 6.07) is 0.537. The lowest BCUT2D eigenvalue weighted by Gasteiger charge is -2.24. The largest absolute Gasteiger partial charge is 0.310 e. The fourth-order valence-electron chi connectivity index (χ4n) is 3.09. The SMILES string of the molecule is CC1CCCC(c2nc(C(C)C)c(CNC(C)C)s2)C1. The maximum atomic E-state index is 5.02. The van der Waals surface area contributed by atoms with Crippen molar-refractivity contribution in [2.24, 2.45) is 5.92 Å². The minimum absolute atomic E-state index is 0.532. The van der Waals surface area contributed by atoms with Crippen molar-refractivity contribution in [3.63, 3.8) is 0 Å². The van der Waals surface area contributed by atoms with Crippen molar-refractivity contribution in [2.45, 2.75) is 84.7 Å². The zero-order valence-corrected chi connectivity index (χ0v) is 14.5. The summed E-state index contributed by atoms with van der Waals surface area (Å²) in [5.74, 6) is 2.12. The predicted molar refractivity (Wildman–Crippen MR) is 88.6 cm³/mol. The molecule has 2 nitrogen and oxygen atoms in total. The minimum atomic E-state index is 0.532. The van der Waals surface area contributed by atoms with Gasteiger partial charge in [-0.1, -0.05) is 47.5 Å². The zero-order valence-electron chi connectivity index (χ0n) is 13.7. The van der Waals surface area contributed by atoms with Crippen LogP contribution in [0, 0.1) is 5.92 Å². The molecule has 20 heavy (non-hydrogen) atoms.